The van der Waals surface area contributed by atoms with Gasteiger partial charge in [0.25, 0.3) is 0 Å². The smallest absolute Gasteiger partial charge is 0.303 e. The number of carboxylic acids is 1. The Morgan fingerprint density at radius 3 is 2.54 bits per heavy atom. The van der Waals surface area contributed by atoms with Gasteiger partial charge in [0.05, 0.1) is 20.3 Å². The van der Waals surface area contributed by atoms with E-state index in [1.165, 1.54) is 0 Å². The molecule has 148 valence electrons. The van der Waals surface area contributed by atoms with Gasteiger partial charge in [0.15, 0.2) is 0 Å². The van der Waals surface area contributed by atoms with Gasteiger partial charge in [0, 0.05) is 23.8 Å². The summed E-state index contributed by atoms with van der Waals surface area (Å²) in [5, 5.41) is 12.1. The average molecular weight is 383 g/mol. The third-order valence-corrected chi connectivity index (χ3v) is 5.13. The Morgan fingerprint density at radius 1 is 1.14 bits per heavy atom. The lowest BCUT2D eigenvalue weighted by atomic mass is 10.0. The lowest BCUT2D eigenvalue weighted by molar-refractivity contribution is -0.137. The number of carbonyl (C=O) groups excluding carboxylic acids is 1. The quantitative estimate of drug-likeness (QED) is 0.692. The van der Waals surface area contributed by atoms with Gasteiger partial charge < -0.3 is 19.9 Å². The van der Waals surface area contributed by atoms with Crippen molar-refractivity contribution in [1.29, 1.82) is 0 Å². The molecule has 1 saturated carbocycles. The van der Waals surface area contributed by atoms with Crippen molar-refractivity contribution in [2.75, 3.05) is 14.2 Å². The van der Waals surface area contributed by atoms with Crippen molar-refractivity contribution in [2.45, 2.75) is 31.2 Å². The van der Waals surface area contributed by atoms with Gasteiger partial charge >= 0.3 is 5.97 Å². The molecule has 1 aliphatic rings. The molecule has 6 nitrogen and oxygen atoms in total. The molecule has 0 bridgehead atoms. The number of amides is 1. The molecule has 28 heavy (non-hydrogen) atoms. The molecule has 1 aliphatic carbocycles. The second-order valence-corrected chi connectivity index (χ2v) is 6.96. The van der Waals surface area contributed by atoms with Gasteiger partial charge in [-0.25, -0.2) is 0 Å². The molecule has 6 heteroatoms. The van der Waals surface area contributed by atoms with Gasteiger partial charge in [-0.05, 0) is 36.6 Å². The van der Waals surface area contributed by atoms with Crippen LogP contribution in [0.3, 0.4) is 0 Å². The fourth-order valence-electron chi connectivity index (χ4n) is 3.51. The maximum Gasteiger partial charge on any atom is 0.303 e. The molecule has 0 radical (unpaired) electrons. The summed E-state index contributed by atoms with van der Waals surface area (Å²) in [4.78, 5) is 23.8. The van der Waals surface area contributed by atoms with Crippen molar-refractivity contribution in [3.05, 3.63) is 59.7 Å². The normalized spacial score (nSPS) is 18.8. The highest BCUT2D eigenvalue weighted by Gasteiger charge is 2.46. The second-order valence-electron chi connectivity index (χ2n) is 6.96. The first-order valence-corrected chi connectivity index (χ1v) is 9.32. The molecule has 2 aromatic rings. The SMILES string of the molecule is COc1ccc(OC)c(C2CC2C(=O)NC(CCC(=O)O)c2ccccc2)c1. The summed E-state index contributed by atoms with van der Waals surface area (Å²) in [5.74, 6) is 0.449. The third-order valence-electron chi connectivity index (χ3n) is 5.13. The molecular formula is C22H25NO5. The number of ether oxygens (including phenoxy) is 2. The minimum Gasteiger partial charge on any atom is -0.497 e. The number of aliphatic carboxylic acids is 1. The fraction of sp³-hybridized carbons (Fsp3) is 0.364. The Morgan fingerprint density at radius 2 is 1.89 bits per heavy atom. The van der Waals surface area contributed by atoms with Gasteiger partial charge in [0.1, 0.15) is 11.5 Å². The molecule has 1 fully saturated rings. The van der Waals surface area contributed by atoms with Crippen molar-refractivity contribution in [3.8, 4) is 11.5 Å². The zero-order chi connectivity index (χ0) is 20.1. The first-order valence-electron chi connectivity index (χ1n) is 9.32. The molecular weight excluding hydrogens is 358 g/mol. The van der Waals surface area contributed by atoms with E-state index < -0.39 is 5.97 Å². The Kier molecular flexibility index (Phi) is 6.19. The summed E-state index contributed by atoms with van der Waals surface area (Å²) in [6, 6.07) is 14.7. The number of hydrogen-bond donors (Lipinski definition) is 2. The van der Waals surface area contributed by atoms with E-state index in [-0.39, 0.29) is 30.2 Å². The summed E-state index contributed by atoms with van der Waals surface area (Å²) in [6.07, 6.45) is 1.08. The summed E-state index contributed by atoms with van der Waals surface area (Å²) in [6.45, 7) is 0. The number of methoxy groups -OCH3 is 2. The van der Waals surface area contributed by atoms with Crippen LogP contribution in [0.1, 0.15) is 42.3 Å². The van der Waals surface area contributed by atoms with Gasteiger partial charge in [0.2, 0.25) is 5.91 Å². The number of rotatable bonds is 9. The predicted molar refractivity (Wildman–Crippen MR) is 105 cm³/mol. The molecule has 2 N–H and O–H groups in total. The van der Waals surface area contributed by atoms with Crippen LogP contribution in [0.2, 0.25) is 0 Å². The van der Waals surface area contributed by atoms with Crippen LogP contribution in [0.4, 0.5) is 0 Å². The lowest BCUT2D eigenvalue weighted by Crippen LogP contribution is -2.30. The zero-order valence-electron chi connectivity index (χ0n) is 16.1. The Hall–Kier alpha value is -3.02. The Balaban J connectivity index is 1.71. The van der Waals surface area contributed by atoms with Crippen LogP contribution in [-0.4, -0.2) is 31.2 Å². The monoisotopic (exact) mass is 383 g/mol. The highest BCUT2D eigenvalue weighted by atomic mass is 16.5. The molecule has 0 spiro atoms. The van der Waals surface area contributed by atoms with Crippen molar-refractivity contribution in [3.63, 3.8) is 0 Å². The Bertz CT molecular complexity index is 836. The van der Waals surface area contributed by atoms with Gasteiger partial charge in [-0.15, -0.1) is 0 Å². The molecule has 0 aliphatic heterocycles. The van der Waals surface area contributed by atoms with Crippen LogP contribution in [-0.2, 0) is 9.59 Å². The zero-order valence-corrected chi connectivity index (χ0v) is 16.1. The largest absolute Gasteiger partial charge is 0.497 e. The molecule has 0 saturated heterocycles. The van der Waals surface area contributed by atoms with Crippen molar-refractivity contribution in [1.82, 2.24) is 5.32 Å². The van der Waals surface area contributed by atoms with Crippen LogP contribution >= 0.6 is 0 Å². The molecule has 2 aromatic carbocycles. The molecule has 1 amide bonds. The van der Waals surface area contributed by atoms with Crippen molar-refractivity contribution >= 4 is 11.9 Å². The molecule has 3 atom stereocenters. The summed E-state index contributed by atoms with van der Waals surface area (Å²) in [5.41, 5.74) is 1.87. The third kappa shape index (κ3) is 4.63. The number of carbonyl (C=O) groups is 2. The molecule has 3 unspecified atom stereocenters. The second kappa shape index (κ2) is 8.78. The molecule has 0 aromatic heterocycles. The van der Waals surface area contributed by atoms with Crippen molar-refractivity contribution < 1.29 is 24.2 Å². The van der Waals surface area contributed by atoms with Gasteiger partial charge in [-0.1, -0.05) is 30.3 Å². The van der Waals surface area contributed by atoms with Crippen LogP contribution in [0.25, 0.3) is 0 Å². The minimum absolute atomic E-state index is 0.00234. The van der Waals surface area contributed by atoms with E-state index in [4.69, 9.17) is 14.6 Å². The summed E-state index contributed by atoms with van der Waals surface area (Å²) >= 11 is 0. The number of benzene rings is 2. The van der Waals surface area contributed by atoms with Crippen LogP contribution in [0, 0.1) is 5.92 Å². The van der Waals surface area contributed by atoms with Crippen LogP contribution < -0.4 is 14.8 Å². The van der Waals surface area contributed by atoms with Crippen LogP contribution in [0.5, 0.6) is 11.5 Å². The lowest BCUT2D eigenvalue weighted by Gasteiger charge is -2.19. The predicted octanol–water partition coefficient (Wildman–Crippen LogP) is 3.53. The first kappa shape index (κ1) is 19.7. The first-order chi connectivity index (χ1) is 13.5. The van der Waals surface area contributed by atoms with E-state index in [0.717, 1.165) is 29.0 Å². The number of hydrogen-bond acceptors (Lipinski definition) is 4. The maximum absolute atomic E-state index is 12.8. The highest BCUT2D eigenvalue weighted by Crippen LogP contribution is 2.51. The van der Waals surface area contributed by atoms with Crippen LogP contribution in [0.15, 0.2) is 48.5 Å². The van der Waals surface area contributed by atoms with E-state index in [1.54, 1.807) is 14.2 Å². The van der Waals surface area contributed by atoms with Gasteiger partial charge in [-0.2, -0.15) is 0 Å². The molecule has 0 heterocycles. The number of carboxylic acid groups (broad SMARTS) is 1. The standard InChI is InChI=1S/C22H25NO5/c1-27-15-8-10-20(28-2)17(12-15)16-13-18(16)22(26)23-19(9-11-21(24)25)14-6-4-3-5-7-14/h3-8,10,12,16,18-19H,9,11,13H2,1-2H3,(H,23,26)(H,24,25). The van der Waals surface area contributed by atoms with E-state index in [9.17, 15) is 9.59 Å². The van der Waals surface area contributed by atoms with Crippen molar-refractivity contribution in [2.24, 2.45) is 5.92 Å². The Labute approximate surface area is 164 Å². The molecule has 3 rings (SSSR count). The van der Waals surface area contributed by atoms with E-state index in [0.29, 0.717) is 6.42 Å². The topological polar surface area (TPSA) is 84.9 Å². The van der Waals surface area contributed by atoms with E-state index >= 15 is 0 Å². The summed E-state index contributed by atoms with van der Waals surface area (Å²) < 4.78 is 10.7. The summed E-state index contributed by atoms with van der Waals surface area (Å²) in [7, 11) is 3.22. The average Bonchev–Trinajstić information content (AvgIpc) is 3.52. The highest BCUT2D eigenvalue weighted by molar-refractivity contribution is 5.83. The van der Waals surface area contributed by atoms with E-state index in [2.05, 4.69) is 5.32 Å². The number of nitrogens with one attached hydrogen (secondary N) is 1. The minimum atomic E-state index is -0.874. The fourth-order valence-corrected chi connectivity index (χ4v) is 3.51. The maximum atomic E-state index is 12.8. The van der Waals surface area contributed by atoms with Gasteiger partial charge in [-0.3, -0.25) is 9.59 Å². The van der Waals surface area contributed by atoms with E-state index in [1.807, 2.05) is 48.5 Å².